The highest BCUT2D eigenvalue weighted by atomic mass is 79.9. The Kier molecular flexibility index (Phi) is 4.24. The number of nitrogens with zero attached hydrogens (tertiary/aromatic N) is 1. The highest BCUT2D eigenvalue weighted by Gasteiger charge is 2.07. The molecule has 1 aromatic carbocycles. The van der Waals surface area contributed by atoms with Crippen molar-refractivity contribution in [3.05, 3.63) is 34.4 Å². The summed E-state index contributed by atoms with van der Waals surface area (Å²) in [4.78, 5) is 0. The fourth-order valence-corrected chi connectivity index (χ4v) is 2.55. The molecule has 0 unspecified atom stereocenters. The van der Waals surface area contributed by atoms with Crippen molar-refractivity contribution in [3.8, 4) is 0 Å². The van der Waals surface area contributed by atoms with E-state index in [1.807, 2.05) is 0 Å². The minimum atomic E-state index is 0.817. The first-order chi connectivity index (χ1) is 8.26. The lowest BCUT2D eigenvalue weighted by Crippen LogP contribution is -1.99. The SMILES string of the molecule is CCc1cn(CCCOC)c2ccc(Br)cc12. The summed E-state index contributed by atoms with van der Waals surface area (Å²) in [6, 6.07) is 6.50. The van der Waals surface area contributed by atoms with Crippen molar-refractivity contribution in [1.29, 1.82) is 0 Å². The largest absolute Gasteiger partial charge is 0.385 e. The van der Waals surface area contributed by atoms with Crippen LogP contribution >= 0.6 is 15.9 Å². The van der Waals surface area contributed by atoms with Gasteiger partial charge in [0.1, 0.15) is 0 Å². The predicted octanol–water partition coefficient (Wildman–Crippen LogP) is 4.00. The van der Waals surface area contributed by atoms with Gasteiger partial charge in [-0.1, -0.05) is 22.9 Å². The maximum atomic E-state index is 5.11. The Labute approximate surface area is 111 Å². The molecule has 3 heteroatoms. The number of ether oxygens (including phenoxy) is 1. The summed E-state index contributed by atoms with van der Waals surface area (Å²) in [6.45, 7) is 4.04. The van der Waals surface area contributed by atoms with E-state index in [1.54, 1.807) is 7.11 Å². The van der Waals surface area contributed by atoms with Gasteiger partial charge in [-0.3, -0.25) is 0 Å². The molecule has 2 aromatic rings. The van der Waals surface area contributed by atoms with E-state index in [2.05, 4.69) is 51.8 Å². The van der Waals surface area contributed by atoms with E-state index in [9.17, 15) is 0 Å². The van der Waals surface area contributed by atoms with Crippen molar-refractivity contribution in [2.45, 2.75) is 26.3 Å². The number of halogens is 1. The average Bonchev–Trinajstić information content (AvgIpc) is 2.67. The summed E-state index contributed by atoms with van der Waals surface area (Å²) in [5.74, 6) is 0. The Hall–Kier alpha value is -0.800. The number of fused-ring (bicyclic) bond motifs is 1. The maximum absolute atomic E-state index is 5.11. The molecule has 17 heavy (non-hydrogen) atoms. The van der Waals surface area contributed by atoms with Gasteiger partial charge in [0.25, 0.3) is 0 Å². The quantitative estimate of drug-likeness (QED) is 0.761. The van der Waals surface area contributed by atoms with Crippen LogP contribution in [0.5, 0.6) is 0 Å². The van der Waals surface area contributed by atoms with Gasteiger partial charge in [-0.15, -0.1) is 0 Å². The molecule has 0 N–H and O–H groups in total. The first kappa shape index (κ1) is 12.7. The van der Waals surface area contributed by atoms with Crippen LogP contribution in [0.15, 0.2) is 28.9 Å². The van der Waals surface area contributed by atoms with Gasteiger partial charge in [0.2, 0.25) is 0 Å². The van der Waals surface area contributed by atoms with E-state index in [-0.39, 0.29) is 0 Å². The first-order valence-corrected chi connectivity index (χ1v) is 6.81. The number of rotatable bonds is 5. The van der Waals surface area contributed by atoms with Crippen molar-refractivity contribution in [3.63, 3.8) is 0 Å². The molecule has 0 radical (unpaired) electrons. The fraction of sp³-hybridized carbons (Fsp3) is 0.429. The highest BCUT2D eigenvalue weighted by Crippen LogP contribution is 2.25. The summed E-state index contributed by atoms with van der Waals surface area (Å²) < 4.78 is 8.59. The Bertz CT molecular complexity index is 504. The van der Waals surface area contributed by atoms with Crippen LogP contribution in [-0.2, 0) is 17.7 Å². The Morgan fingerprint density at radius 1 is 1.35 bits per heavy atom. The van der Waals surface area contributed by atoms with Crippen molar-refractivity contribution in [2.24, 2.45) is 0 Å². The molecule has 2 nitrogen and oxygen atoms in total. The molecular formula is C14H18BrNO. The second-order valence-electron chi connectivity index (χ2n) is 4.21. The smallest absolute Gasteiger partial charge is 0.0483 e. The molecule has 2 rings (SSSR count). The van der Waals surface area contributed by atoms with Gasteiger partial charge in [0, 0.05) is 41.8 Å². The number of hydrogen-bond donors (Lipinski definition) is 0. The van der Waals surface area contributed by atoms with Gasteiger partial charge >= 0.3 is 0 Å². The molecule has 0 spiro atoms. The van der Waals surface area contributed by atoms with E-state index in [0.717, 1.165) is 30.5 Å². The lowest BCUT2D eigenvalue weighted by molar-refractivity contribution is 0.190. The Morgan fingerprint density at radius 3 is 2.88 bits per heavy atom. The van der Waals surface area contributed by atoms with Gasteiger partial charge in [-0.25, -0.2) is 0 Å². The summed E-state index contributed by atoms with van der Waals surface area (Å²) >= 11 is 3.54. The van der Waals surface area contributed by atoms with Crippen LogP contribution in [0.3, 0.4) is 0 Å². The molecule has 0 fully saturated rings. The van der Waals surface area contributed by atoms with Crippen molar-refractivity contribution in [1.82, 2.24) is 4.57 Å². The molecule has 0 aliphatic rings. The third kappa shape index (κ3) is 2.72. The molecule has 0 aliphatic heterocycles. The normalized spacial score (nSPS) is 11.2. The van der Waals surface area contributed by atoms with E-state index in [0.29, 0.717) is 0 Å². The lowest BCUT2D eigenvalue weighted by Gasteiger charge is -2.04. The molecule has 0 aliphatic carbocycles. The summed E-state index contributed by atoms with van der Waals surface area (Å²) in [5, 5.41) is 1.36. The minimum Gasteiger partial charge on any atom is -0.385 e. The topological polar surface area (TPSA) is 14.2 Å². The van der Waals surface area contributed by atoms with E-state index >= 15 is 0 Å². The fourth-order valence-electron chi connectivity index (χ4n) is 2.19. The third-order valence-electron chi connectivity index (χ3n) is 3.05. The predicted molar refractivity (Wildman–Crippen MR) is 75.5 cm³/mol. The van der Waals surface area contributed by atoms with Gasteiger partial charge in [0.15, 0.2) is 0 Å². The second-order valence-corrected chi connectivity index (χ2v) is 5.12. The lowest BCUT2D eigenvalue weighted by atomic mass is 10.1. The second kappa shape index (κ2) is 5.69. The maximum Gasteiger partial charge on any atom is 0.0483 e. The highest BCUT2D eigenvalue weighted by molar-refractivity contribution is 9.10. The van der Waals surface area contributed by atoms with E-state index < -0.39 is 0 Å². The number of methoxy groups -OCH3 is 1. The van der Waals surface area contributed by atoms with Crippen LogP contribution in [0.2, 0.25) is 0 Å². The molecular weight excluding hydrogens is 278 g/mol. The van der Waals surface area contributed by atoms with Crippen LogP contribution < -0.4 is 0 Å². The number of benzene rings is 1. The van der Waals surface area contributed by atoms with Crippen LogP contribution in [0.4, 0.5) is 0 Å². The van der Waals surface area contributed by atoms with Gasteiger partial charge in [-0.2, -0.15) is 0 Å². The third-order valence-corrected chi connectivity index (χ3v) is 3.55. The van der Waals surface area contributed by atoms with Crippen LogP contribution in [0, 0.1) is 0 Å². The molecule has 92 valence electrons. The average molecular weight is 296 g/mol. The van der Waals surface area contributed by atoms with Crippen molar-refractivity contribution in [2.75, 3.05) is 13.7 Å². The van der Waals surface area contributed by atoms with Crippen LogP contribution in [0.25, 0.3) is 10.9 Å². The zero-order valence-electron chi connectivity index (χ0n) is 10.4. The summed E-state index contributed by atoms with van der Waals surface area (Å²) in [5.41, 5.74) is 2.74. The monoisotopic (exact) mass is 295 g/mol. The molecule has 0 bridgehead atoms. The number of hydrogen-bond acceptors (Lipinski definition) is 1. The zero-order chi connectivity index (χ0) is 12.3. The molecule has 0 saturated carbocycles. The number of aromatic nitrogens is 1. The van der Waals surface area contributed by atoms with Gasteiger partial charge in [0.05, 0.1) is 0 Å². The Balaban J connectivity index is 2.35. The van der Waals surface area contributed by atoms with Crippen LogP contribution in [0.1, 0.15) is 18.9 Å². The molecule has 0 amide bonds. The standard InChI is InChI=1S/C14H18BrNO/c1-3-11-10-16(7-4-8-17-2)14-6-5-12(15)9-13(11)14/h5-6,9-10H,3-4,7-8H2,1-2H3. The van der Waals surface area contributed by atoms with Crippen LogP contribution in [-0.4, -0.2) is 18.3 Å². The van der Waals surface area contributed by atoms with Crippen molar-refractivity contribution >= 4 is 26.8 Å². The molecule has 1 heterocycles. The summed E-state index contributed by atoms with van der Waals surface area (Å²) in [6.07, 6.45) is 4.40. The molecule has 0 atom stereocenters. The Morgan fingerprint density at radius 2 is 2.18 bits per heavy atom. The molecule has 0 saturated heterocycles. The minimum absolute atomic E-state index is 0.817. The van der Waals surface area contributed by atoms with Gasteiger partial charge < -0.3 is 9.30 Å². The van der Waals surface area contributed by atoms with Gasteiger partial charge in [-0.05, 0) is 36.6 Å². The summed E-state index contributed by atoms with van der Waals surface area (Å²) in [7, 11) is 1.75. The number of aryl methyl sites for hydroxylation is 2. The zero-order valence-corrected chi connectivity index (χ0v) is 12.0. The van der Waals surface area contributed by atoms with Crippen molar-refractivity contribution < 1.29 is 4.74 Å². The first-order valence-electron chi connectivity index (χ1n) is 6.02. The molecule has 1 aromatic heterocycles. The van der Waals surface area contributed by atoms with E-state index in [4.69, 9.17) is 4.74 Å². The van der Waals surface area contributed by atoms with E-state index in [1.165, 1.54) is 16.5 Å².